The number of rotatable bonds is 1. The van der Waals surface area contributed by atoms with Crippen LogP contribution < -0.4 is 5.73 Å². The average molecular weight is 71.1 g/mol. The summed E-state index contributed by atoms with van der Waals surface area (Å²) in [6.45, 7) is 0.733. The van der Waals surface area contributed by atoms with Crippen LogP contribution >= 0.6 is 0 Å². The first-order valence-corrected chi connectivity index (χ1v) is 1.58. The molecule has 0 aromatic rings. The fraction of sp³-hybridized carbons (Fsp3) is 0.667. The van der Waals surface area contributed by atoms with Crippen molar-refractivity contribution in [1.82, 2.24) is 0 Å². The highest BCUT2D eigenvalue weighted by Crippen LogP contribution is 1.56. The Morgan fingerprint density at radius 3 is 2.40 bits per heavy atom. The number of nitriles is 1. The zero-order valence-corrected chi connectivity index (χ0v) is 3.07. The first-order valence-electron chi connectivity index (χ1n) is 1.58. The lowest BCUT2D eigenvalue weighted by Crippen LogP contribution is -2.49. The molecule has 0 aliphatic heterocycles. The van der Waals surface area contributed by atoms with E-state index in [0.29, 0.717) is 6.42 Å². The average Bonchev–Trinajstić information content (AvgIpc) is 1.41. The summed E-state index contributed by atoms with van der Waals surface area (Å²) in [5.74, 6) is 0. The Morgan fingerprint density at radius 2 is 2.40 bits per heavy atom. The van der Waals surface area contributed by atoms with Crippen molar-refractivity contribution in [3.05, 3.63) is 0 Å². The molecule has 0 aliphatic carbocycles. The maximum absolute atomic E-state index is 7.78. The van der Waals surface area contributed by atoms with Crippen molar-refractivity contribution in [1.29, 1.82) is 5.26 Å². The third-order valence-electron chi connectivity index (χ3n) is 0.289. The number of quaternary nitrogens is 1. The maximum Gasteiger partial charge on any atom is 0.0871 e. The summed E-state index contributed by atoms with van der Waals surface area (Å²) in [7, 11) is 0. The maximum atomic E-state index is 7.78. The van der Waals surface area contributed by atoms with Gasteiger partial charge in [-0.25, -0.2) is 0 Å². The zero-order valence-electron chi connectivity index (χ0n) is 3.07. The summed E-state index contributed by atoms with van der Waals surface area (Å²) in [6, 6.07) is 1.95. The molecule has 0 fully saturated rings. The molecule has 0 unspecified atom stereocenters. The molecule has 2 nitrogen and oxygen atoms in total. The SMILES string of the molecule is N#CCC[NH3+]. The van der Waals surface area contributed by atoms with Crippen molar-refractivity contribution >= 4 is 0 Å². The zero-order chi connectivity index (χ0) is 4.12. The van der Waals surface area contributed by atoms with Crippen molar-refractivity contribution in [2.24, 2.45) is 0 Å². The molecule has 0 saturated heterocycles. The van der Waals surface area contributed by atoms with Gasteiger partial charge in [-0.1, -0.05) is 0 Å². The quantitative estimate of drug-likeness (QED) is 0.429. The van der Waals surface area contributed by atoms with Gasteiger partial charge in [-0.15, -0.1) is 0 Å². The van der Waals surface area contributed by atoms with E-state index >= 15 is 0 Å². The van der Waals surface area contributed by atoms with Crippen LogP contribution in [0.1, 0.15) is 6.42 Å². The first kappa shape index (κ1) is 4.45. The Bertz CT molecular complexity index is 43.3. The van der Waals surface area contributed by atoms with Crippen LogP contribution in [0, 0.1) is 11.3 Å². The predicted octanol–water partition coefficient (Wildman–Crippen LogP) is -0.858. The minimum Gasteiger partial charge on any atom is -0.357 e. The van der Waals surface area contributed by atoms with Gasteiger partial charge in [0, 0.05) is 0 Å². The van der Waals surface area contributed by atoms with E-state index in [-0.39, 0.29) is 0 Å². The van der Waals surface area contributed by atoms with Crippen LogP contribution in [0.25, 0.3) is 0 Å². The molecule has 0 rings (SSSR count). The van der Waals surface area contributed by atoms with Crippen LogP contribution in [0.2, 0.25) is 0 Å². The Balaban J connectivity index is 2.48. The molecule has 0 saturated carbocycles. The molecule has 0 radical (unpaired) electrons. The van der Waals surface area contributed by atoms with Gasteiger partial charge < -0.3 is 5.73 Å². The highest BCUT2D eigenvalue weighted by Gasteiger charge is 1.68. The van der Waals surface area contributed by atoms with Crippen LogP contribution in [0.4, 0.5) is 0 Å². The smallest absolute Gasteiger partial charge is 0.0871 e. The molecule has 0 spiro atoms. The number of nitrogens with zero attached hydrogens (tertiary/aromatic N) is 1. The molecule has 0 heterocycles. The highest BCUT2D eigenvalue weighted by atomic mass is 14.5. The monoisotopic (exact) mass is 71.1 g/mol. The molecule has 5 heavy (non-hydrogen) atoms. The summed E-state index contributed by atoms with van der Waals surface area (Å²) < 4.78 is 0. The summed E-state index contributed by atoms with van der Waals surface area (Å²) in [5.41, 5.74) is 3.45. The third kappa shape index (κ3) is 3.45. The third-order valence-corrected chi connectivity index (χ3v) is 0.289. The van der Waals surface area contributed by atoms with Gasteiger partial charge in [-0.05, 0) is 0 Å². The first-order chi connectivity index (χ1) is 2.41. The highest BCUT2D eigenvalue weighted by molar-refractivity contribution is 4.65. The van der Waals surface area contributed by atoms with Crippen molar-refractivity contribution in [3.63, 3.8) is 0 Å². The van der Waals surface area contributed by atoms with Crippen molar-refractivity contribution in [3.8, 4) is 6.07 Å². The normalized spacial score (nSPS) is 6.40. The van der Waals surface area contributed by atoms with E-state index in [9.17, 15) is 0 Å². The van der Waals surface area contributed by atoms with E-state index in [0.717, 1.165) is 6.54 Å². The van der Waals surface area contributed by atoms with Crippen LogP contribution in [-0.2, 0) is 0 Å². The summed E-state index contributed by atoms with van der Waals surface area (Å²) in [4.78, 5) is 0. The molecular formula is C3H7N2+. The van der Waals surface area contributed by atoms with Gasteiger partial charge in [0.05, 0.1) is 19.0 Å². The van der Waals surface area contributed by atoms with Gasteiger partial charge in [0.1, 0.15) is 0 Å². The molecule has 0 bridgehead atoms. The Kier molecular flexibility index (Phi) is 3.07. The van der Waals surface area contributed by atoms with Gasteiger partial charge in [0.15, 0.2) is 0 Å². The van der Waals surface area contributed by atoms with Gasteiger partial charge >= 0.3 is 0 Å². The van der Waals surface area contributed by atoms with Crippen LogP contribution in [0.3, 0.4) is 0 Å². The van der Waals surface area contributed by atoms with Gasteiger partial charge in [-0.2, -0.15) is 5.26 Å². The number of hydrogen-bond donors (Lipinski definition) is 1. The molecular weight excluding hydrogens is 64.0 g/mol. The second kappa shape index (κ2) is 3.45. The summed E-state index contributed by atoms with van der Waals surface area (Å²) >= 11 is 0. The minimum absolute atomic E-state index is 0.583. The molecule has 2 heteroatoms. The topological polar surface area (TPSA) is 51.4 Å². The van der Waals surface area contributed by atoms with Gasteiger partial charge in [-0.3, -0.25) is 0 Å². The predicted molar refractivity (Wildman–Crippen MR) is 18.0 cm³/mol. The largest absolute Gasteiger partial charge is 0.357 e. The second-order valence-electron chi connectivity index (χ2n) is 0.762. The van der Waals surface area contributed by atoms with Crippen molar-refractivity contribution in [2.45, 2.75) is 6.42 Å². The Labute approximate surface area is 31.2 Å². The lowest BCUT2D eigenvalue weighted by atomic mass is 10.5. The number of hydrogen-bond acceptors (Lipinski definition) is 1. The fourth-order valence-corrected chi connectivity index (χ4v) is 0.0791. The standard InChI is InChI=1S/C3H6N2/c4-2-1-3-5/h1-2,4H2/p+1. The lowest BCUT2D eigenvalue weighted by molar-refractivity contribution is -0.365. The fourth-order valence-electron chi connectivity index (χ4n) is 0.0791. The van der Waals surface area contributed by atoms with E-state index in [1.807, 2.05) is 6.07 Å². The molecule has 3 N–H and O–H groups in total. The molecule has 0 aromatic heterocycles. The van der Waals surface area contributed by atoms with Crippen molar-refractivity contribution < 1.29 is 5.73 Å². The molecule has 28 valence electrons. The van der Waals surface area contributed by atoms with E-state index in [1.54, 1.807) is 0 Å². The van der Waals surface area contributed by atoms with E-state index in [4.69, 9.17) is 5.26 Å². The van der Waals surface area contributed by atoms with Crippen LogP contribution in [0.15, 0.2) is 0 Å². The van der Waals surface area contributed by atoms with Gasteiger partial charge in [0.2, 0.25) is 0 Å². The van der Waals surface area contributed by atoms with Crippen LogP contribution in [0.5, 0.6) is 0 Å². The van der Waals surface area contributed by atoms with Crippen molar-refractivity contribution in [2.75, 3.05) is 6.54 Å². The summed E-state index contributed by atoms with van der Waals surface area (Å²) in [5, 5.41) is 7.78. The van der Waals surface area contributed by atoms with E-state index in [1.165, 1.54) is 0 Å². The molecule has 0 amide bonds. The molecule has 0 atom stereocenters. The summed E-state index contributed by atoms with van der Waals surface area (Å²) in [6.07, 6.45) is 0.583. The Morgan fingerprint density at radius 1 is 1.80 bits per heavy atom. The molecule has 0 aromatic carbocycles. The minimum atomic E-state index is 0.583. The Hall–Kier alpha value is -0.550. The van der Waals surface area contributed by atoms with Crippen LogP contribution in [-0.4, -0.2) is 6.54 Å². The van der Waals surface area contributed by atoms with E-state index in [2.05, 4.69) is 5.73 Å². The van der Waals surface area contributed by atoms with E-state index < -0.39 is 0 Å². The van der Waals surface area contributed by atoms with Gasteiger partial charge in [0.25, 0.3) is 0 Å². The molecule has 0 aliphatic rings. The second-order valence-corrected chi connectivity index (χ2v) is 0.762. The lowest BCUT2D eigenvalue weighted by Gasteiger charge is -1.64.